The van der Waals surface area contributed by atoms with Gasteiger partial charge in [0, 0.05) is 42.7 Å². The van der Waals surface area contributed by atoms with E-state index in [9.17, 15) is 13.2 Å². The van der Waals surface area contributed by atoms with Gasteiger partial charge in [-0.3, -0.25) is 9.78 Å². The summed E-state index contributed by atoms with van der Waals surface area (Å²) in [6.45, 7) is 3.07. The number of pyridine rings is 1. The van der Waals surface area contributed by atoms with Crippen LogP contribution in [0.3, 0.4) is 0 Å². The molecule has 8 heteroatoms. The molecule has 1 N–H and O–H groups in total. The number of amides is 1. The van der Waals surface area contributed by atoms with Crippen LogP contribution >= 0.6 is 0 Å². The van der Waals surface area contributed by atoms with Crippen LogP contribution in [0, 0.1) is 6.92 Å². The molecule has 2 aromatic carbocycles. The van der Waals surface area contributed by atoms with Gasteiger partial charge in [0.1, 0.15) is 0 Å². The fourth-order valence-electron chi connectivity index (χ4n) is 3.81. The van der Waals surface area contributed by atoms with Gasteiger partial charge >= 0.3 is 0 Å². The Morgan fingerprint density at radius 2 is 1.94 bits per heavy atom. The molecule has 0 saturated carbocycles. The molecule has 1 fully saturated rings. The molecule has 1 atom stereocenters. The first kappa shape index (κ1) is 21.4. The summed E-state index contributed by atoms with van der Waals surface area (Å²) in [4.78, 5) is 17.3. The monoisotopic (exact) mass is 439 g/mol. The van der Waals surface area contributed by atoms with Crippen molar-refractivity contribution >= 4 is 26.7 Å². The highest BCUT2D eigenvalue weighted by molar-refractivity contribution is 7.88. The molecule has 3 aromatic rings. The summed E-state index contributed by atoms with van der Waals surface area (Å²) in [7, 11) is -3.28. The number of hydrogen-bond donors (Lipinski definition) is 1. The lowest BCUT2D eigenvalue weighted by atomic mass is 9.96. The Bertz CT molecular complexity index is 1210. The Hall–Kier alpha value is -2.81. The van der Waals surface area contributed by atoms with Crippen LogP contribution in [-0.2, 0) is 14.8 Å². The highest BCUT2D eigenvalue weighted by Gasteiger charge is 2.27. The average Bonchev–Trinajstić information content (AvgIpc) is 2.77. The van der Waals surface area contributed by atoms with E-state index < -0.39 is 10.0 Å². The molecule has 1 unspecified atom stereocenters. The fourth-order valence-corrected chi connectivity index (χ4v) is 4.65. The molecule has 1 amide bonds. The zero-order valence-corrected chi connectivity index (χ0v) is 18.4. The minimum absolute atomic E-state index is 0.218. The van der Waals surface area contributed by atoms with Crippen LogP contribution in [0.5, 0.6) is 0 Å². The van der Waals surface area contributed by atoms with Gasteiger partial charge in [-0.25, -0.2) is 8.42 Å². The molecular formula is C23H25N3O4S. The molecule has 4 rings (SSSR count). The SMILES string of the molecule is Cc1ccc(-c2cccc3c(C(=O)NCC4CN(S(C)(=O)=O)CCO4)cccc23)cn1. The number of hydrogen-bond acceptors (Lipinski definition) is 5. The molecule has 1 aliphatic heterocycles. The van der Waals surface area contributed by atoms with Crippen LogP contribution < -0.4 is 5.32 Å². The average molecular weight is 440 g/mol. The highest BCUT2D eigenvalue weighted by atomic mass is 32.2. The zero-order chi connectivity index (χ0) is 22.0. The van der Waals surface area contributed by atoms with Crippen LogP contribution in [0.1, 0.15) is 16.1 Å². The van der Waals surface area contributed by atoms with E-state index in [2.05, 4.69) is 10.3 Å². The maximum Gasteiger partial charge on any atom is 0.252 e. The first-order chi connectivity index (χ1) is 14.8. The largest absolute Gasteiger partial charge is 0.374 e. The molecule has 31 heavy (non-hydrogen) atoms. The van der Waals surface area contributed by atoms with Crippen molar-refractivity contribution in [1.82, 2.24) is 14.6 Å². The van der Waals surface area contributed by atoms with Crippen molar-refractivity contribution in [2.24, 2.45) is 0 Å². The predicted molar refractivity (Wildman–Crippen MR) is 120 cm³/mol. The summed E-state index contributed by atoms with van der Waals surface area (Å²) in [6.07, 6.45) is 2.65. The topological polar surface area (TPSA) is 88.6 Å². The molecule has 0 radical (unpaired) electrons. The van der Waals surface area contributed by atoms with Gasteiger partial charge in [-0.1, -0.05) is 36.4 Å². The third-order valence-corrected chi connectivity index (χ3v) is 6.72. The smallest absolute Gasteiger partial charge is 0.252 e. The maximum atomic E-state index is 13.0. The van der Waals surface area contributed by atoms with Crippen molar-refractivity contribution in [2.75, 3.05) is 32.5 Å². The summed E-state index contributed by atoms with van der Waals surface area (Å²) in [5.74, 6) is -0.218. The van der Waals surface area contributed by atoms with Crippen molar-refractivity contribution in [3.8, 4) is 11.1 Å². The van der Waals surface area contributed by atoms with Crippen LogP contribution in [0.15, 0.2) is 54.7 Å². The van der Waals surface area contributed by atoms with Crippen molar-refractivity contribution in [3.05, 3.63) is 66.0 Å². The van der Waals surface area contributed by atoms with Crippen LogP contribution in [0.2, 0.25) is 0 Å². The highest BCUT2D eigenvalue weighted by Crippen LogP contribution is 2.30. The Balaban J connectivity index is 1.55. The normalized spacial score (nSPS) is 17.5. The molecule has 0 spiro atoms. The predicted octanol–water partition coefficient (Wildman–Crippen LogP) is 2.60. The molecule has 162 valence electrons. The van der Waals surface area contributed by atoms with Crippen molar-refractivity contribution in [3.63, 3.8) is 0 Å². The number of fused-ring (bicyclic) bond motifs is 1. The quantitative estimate of drug-likeness (QED) is 0.660. The van der Waals surface area contributed by atoms with Gasteiger partial charge in [0.05, 0.1) is 19.0 Å². The van der Waals surface area contributed by atoms with Crippen LogP contribution in [0.4, 0.5) is 0 Å². The summed E-state index contributed by atoms with van der Waals surface area (Å²) >= 11 is 0. The van der Waals surface area contributed by atoms with E-state index in [0.717, 1.165) is 27.6 Å². The van der Waals surface area contributed by atoms with Crippen molar-refractivity contribution in [1.29, 1.82) is 0 Å². The summed E-state index contributed by atoms with van der Waals surface area (Å²) < 4.78 is 30.6. The van der Waals surface area contributed by atoms with Gasteiger partial charge in [0.15, 0.2) is 0 Å². The van der Waals surface area contributed by atoms with Gasteiger partial charge in [0.25, 0.3) is 5.91 Å². The van der Waals surface area contributed by atoms with Gasteiger partial charge in [-0.15, -0.1) is 0 Å². The van der Waals surface area contributed by atoms with E-state index in [4.69, 9.17) is 4.74 Å². The Kier molecular flexibility index (Phi) is 6.04. The lowest BCUT2D eigenvalue weighted by Gasteiger charge is -2.31. The number of nitrogens with zero attached hydrogens (tertiary/aromatic N) is 2. The number of morpholine rings is 1. The summed E-state index contributed by atoms with van der Waals surface area (Å²) in [6, 6.07) is 15.5. The van der Waals surface area contributed by atoms with Gasteiger partial charge in [-0.05, 0) is 35.4 Å². The Morgan fingerprint density at radius 1 is 1.16 bits per heavy atom. The minimum Gasteiger partial charge on any atom is -0.374 e. The third kappa shape index (κ3) is 4.76. The molecule has 7 nitrogen and oxygen atoms in total. The number of sulfonamides is 1. The third-order valence-electron chi connectivity index (χ3n) is 5.45. The number of aryl methyl sites for hydroxylation is 1. The first-order valence-electron chi connectivity index (χ1n) is 10.1. The summed E-state index contributed by atoms with van der Waals surface area (Å²) in [5.41, 5.74) is 3.52. The van der Waals surface area contributed by atoms with Crippen LogP contribution in [0.25, 0.3) is 21.9 Å². The minimum atomic E-state index is -3.28. The molecule has 1 saturated heterocycles. The number of carbonyl (C=O) groups is 1. The molecule has 2 heterocycles. The zero-order valence-electron chi connectivity index (χ0n) is 17.5. The molecular weight excluding hydrogens is 414 g/mol. The van der Waals surface area contributed by atoms with E-state index in [1.807, 2.05) is 55.6 Å². The standard InChI is InChI=1S/C23H25N3O4S/c1-16-9-10-17(13-24-16)19-5-3-7-21-20(19)6-4-8-22(21)23(27)25-14-18-15-26(11-12-30-18)31(2,28)29/h3-10,13,18H,11-12,14-15H2,1-2H3,(H,25,27). The van der Waals surface area contributed by atoms with E-state index in [0.29, 0.717) is 18.7 Å². The van der Waals surface area contributed by atoms with Crippen molar-refractivity contribution in [2.45, 2.75) is 13.0 Å². The number of benzene rings is 2. The number of carbonyl (C=O) groups excluding carboxylic acids is 1. The lowest BCUT2D eigenvalue weighted by molar-refractivity contribution is 0.000447. The van der Waals surface area contributed by atoms with Crippen LogP contribution in [-0.4, -0.2) is 62.2 Å². The molecule has 0 bridgehead atoms. The molecule has 1 aromatic heterocycles. The lowest BCUT2D eigenvalue weighted by Crippen LogP contribution is -2.49. The first-order valence-corrected chi connectivity index (χ1v) is 12.0. The van der Waals surface area contributed by atoms with E-state index >= 15 is 0 Å². The second-order valence-electron chi connectivity index (χ2n) is 7.72. The van der Waals surface area contributed by atoms with E-state index in [1.54, 1.807) is 6.07 Å². The molecule has 0 aliphatic carbocycles. The van der Waals surface area contributed by atoms with E-state index in [1.165, 1.54) is 10.6 Å². The number of nitrogens with one attached hydrogen (secondary N) is 1. The van der Waals surface area contributed by atoms with Gasteiger partial charge in [0.2, 0.25) is 10.0 Å². The van der Waals surface area contributed by atoms with E-state index in [-0.39, 0.29) is 25.1 Å². The molecule has 1 aliphatic rings. The van der Waals surface area contributed by atoms with Crippen molar-refractivity contribution < 1.29 is 17.9 Å². The summed E-state index contributed by atoms with van der Waals surface area (Å²) in [5, 5.41) is 4.72. The number of ether oxygens (including phenoxy) is 1. The number of rotatable bonds is 5. The number of aromatic nitrogens is 1. The second kappa shape index (κ2) is 8.74. The second-order valence-corrected chi connectivity index (χ2v) is 9.70. The Morgan fingerprint density at radius 3 is 2.68 bits per heavy atom. The Labute approximate surface area is 182 Å². The maximum absolute atomic E-state index is 13.0. The fraction of sp³-hybridized carbons (Fsp3) is 0.304. The van der Waals surface area contributed by atoms with Gasteiger partial charge in [-0.2, -0.15) is 4.31 Å². The van der Waals surface area contributed by atoms with Gasteiger partial charge < -0.3 is 10.1 Å².